The highest BCUT2D eigenvalue weighted by Crippen LogP contribution is 2.65. The Morgan fingerprint density at radius 1 is 1.35 bits per heavy atom. The molecule has 2 N–H and O–H groups in total. The second-order valence-electron chi connectivity index (χ2n) is 8.38. The van der Waals surface area contributed by atoms with E-state index in [1.54, 1.807) is 0 Å². The van der Waals surface area contributed by atoms with E-state index in [1.165, 1.54) is 44.9 Å². The molecule has 128 valence electrons. The van der Waals surface area contributed by atoms with Crippen molar-refractivity contribution in [3.63, 3.8) is 0 Å². The van der Waals surface area contributed by atoms with Crippen molar-refractivity contribution in [2.45, 2.75) is 58.3 Å². The number of fused-ring (bicyclic) bond motifs is 1. The molecule has 0 aromatic rings. The fraction of sp³-hybridized carbons (Fsp3) is 0.850. The quantitative estimate of drug-likeness (QED) is 0.605. The maximum absolute atomic E-state index is 11.2. The molecule has 23 heavy (non-hydrogen) atoms. The second-order valence-corrected chi connectivity index (χ2v) is 8.38. The molecule has 3 rings (SSSR count). The van der Waals surface area contributed by atoms with E-state index in [9.17, 15) is 9.90 Å². The van der Waals surface area contributed by atoms with E-state index < -0.39 is 0 Å². The Balaban J connectivity index is 1.61. The van der Waals surface area contributed by atoms with Gasteiger partial charge in [0.2, 0.25) is 0 Å². The highest BCUT2D eigenvalue weighted by Gasteiger charge is 2.56. The molecule has 0 aromatic heterocycles. The first-order valence-corrected chi connectivity index (χ1v) is 9.45. The van der Waals surface area contributed by atoms with Gasteiger partial charge in [-0.25, -0.2) is 0 Å². The van der Waals surface area contributed by atoms with Gasteiger partial charge in [-0.05, 0) is 92.3 Å². The lowest BCUT2D eigenvalue weighted by molar-refractivity contribution is -0.115. The number of terminal acetylenes is 1. The van der Waals surface area contributed by atoms with Crippen LogP contribution in [0.25, 0.3) is 0 Å². The van der Waals surface area contributed by atoms with Gasteiger partial charge in [-0.15, -0.1) is 6.42 Å². The van der Waals surface area contributed by atoms with Crippen molar-refractivity contribution in [1.82, 2.24) is 5.32 Å². The van der Waals surface area contributed by atoms with Gasteiger partial charge in [0.15, 0.2) is 0 Å². The SMILES string of the molecule is C#CC(=O)NCCCC1C(C)CC[C@]23CC(CO)C(CCC12)C3. The van der Waals surface area contributed by atoms with Crippen molar-refractivity contribution in [2.24, 2.45) is 35.0 Å². The van der Waals surface area contributed by atoms with E-state index in [0.29, 0.717) is 24.5 Å². The molecule has 1 amide bonds. The van der Waals surface area contributed by atoms with Gasteiger partial charge in [-0.1, -0.05) is 6.92 Å². The first-order valence-electron chi connectivity index (χ1n) is 9.45. The van der Waals surface area contributed by atoms with E-state index in [1.807, 2.05) is 0 Å². The largest absolute Gasteiger partial charge is 0.396 e. The number of rotatable bonds is 5. The average Bonchev–Trinajstić information content (AvgIpc) is 2.85. The van der Waals surface area contributed by atoms with Gasteiger partial charge in [-0.3, -0.25) is 4.79 Å². The summed E-state index contributed by atoms with van der Waals surface area (Å²) in [5, 5.41) is 12.5. The predicted molar refractivity (Wildman–Crippen MR) is 91.4 cm³/mol. The predicted octanol–water partition coefficient (Wildman–Crippen LogP) is 2.98. The summed E-state index contributed by atoms with van der Waals surface area (Å²) < 4.78 is 0. The molecule has 3 saturated carbocycles. The van der Waals surface area contributed by atoms with Crippen LogP contribution >= 0.6 is 0 Å². The summed E-state index contributed by atoms with van der Waals surface area (Å²) in [5.74, 6) is 5.57. The summed E-state index contributed by atoms with van der Waals surface area (Å²) in [6.45, 7) is 3.51. The minimum atomic E-state index is -0.291. The van der Waals surface area contributed by atoms with Crippen LogP contribution in [0.3, 0.4) is 0 Å². The number of carbonyl (C=O) groups excluding carboxylic acids is 1. The highest BCUT2D eigenvalue weighted by molar-refractivity contribution is 5.92. The summed E-state index contributed by atoms with van der Waals surface area (Å²) >= 11 is 0. The Morgan fingerprint density at radius 2 is 2.17 bits per heavy atom. The summed E-state index contributed by atoms with van der Waals surface area (Å²) in [7, 11) is 0. The minimum absolute atomic E-state index is 0.291. The zero-order valence-electron chi connectivity index (χ0n) is 14.4. The molecular formula is C20H31NO2. The van der Waals surface area contributed by atoms with Crippen molar-refractivity contribution in [1.29, 1.82) is 0 Å². The van der Waals surface area contributed by atoms with Crippen molar-refractivity contribution in [3.8, 4) is 12.3 Å². The number of aliphatic hydroxyl groups excluding tert-OH is 1. The van der Waals surface area contributed by atoms with E-state index >= 15 is 0 Å². The monoisotopic (exact) mass is 317 g/mol. The zero-order chi connectivity index (χ0) is 16.4. The van der Waals surface area contributed by atoms with Gasteiger partial charge in [0.1, 0.15) is 0 Å². The van der Waals surface area contributed by atoms with Crippen LogP contribution in [0.4, 0.5) is 0 Å². The number of amides is 1. The van der Waals surface area contributed by atoms with Crippen molar-refractivity contribution < 1.29 is 9.90 Å². The van der Waals surface area contributed by atoms with Gasteiger partial charge in [0.25, 0.3) is 5.91 Å². The molecule has 0 radical (unpaired) electrons. The first kappa shape index (κ1) is 16.8. The second kappa shape index (κ2) is 6.85. The highest BCUT2D eigenvalue weighted by atomic mass is 16.3. The standard InChI is InChI=1S/C20H31NO2/c1-3-19(23)21-10-4-5-17-14(2)8-9-20-11-15(6-7-18(17)20)16(12-20)13-22/h1,14-18,22H,4-13H2,2H3,(H,21,23)/t14?,15?,16?,17?,18?,20-/m0/s1. The molecule has 1 spiro atoms. The Labute approximate surface area is 140 Å². The van der Waals surface area contributed by atoms with Gasteiger partial charge >= 0.3 is 0 Å². The van der Waals surface area contributed by atoms with Crippen LogP contribution in [0.15, 0.2) is 0 Å². The molecule has 0 saturated heterocycles. The lowest BCUT2D eigenvalue weighted by Gasteiger charge is -2.52. The molecule has 5 unspecified atom stereocenters. The van der Waals surface area contributed by atoms with Gasteiger partial charge in [0, 0.05) is 13.2 Å². The maximum Gasteiger partial charge on any atom is 0.295 e. The van der Waals surface area contributed by atoms with Crippen LogP contribution in [-0.2, 0) is 4.79 Å². The number of nitrogens with one attached hydrogen (secondary N) is 1. The lowest BCUT2D eigenvalue weighted by Crippen LogP contribution is -2.43. The van der Waals surface area contributed by atoms with Crippen LogP contribution in [0, 0.1) is 47.3 Å². The molecule has 6 atom stereocenters. The Bertz CT molecular complexity index is 483. The third-order valence-electron chi connectivity index (χ3n) is 7.35. The van der Waals surface area contributed by atoms with Crippen molar-refractivity contribution in [3.05, 3.63) is 0 Å². The van der Waals surface area contributed by atoms with E-state index in [2.05, 4.69) is 18.2 Å². The van der Waals surface area contributed by atoms with Gasteiger partial charge in [-0.2, -0.15) is 0 Å². The fourth-order valence-corrected chi connectivity index (χ4v) is 6.27. The summed E-state index contributed by atoms with van der Waals surface area (Å²) in [6, 6.07) is 0. The van der Waals surface area contributed by atoms with Crippen LogP contribution in [0.5, 0.6) is 0 Å². The Morgan fingerprint density at radius 3 is 2.91 bits per heavy atom. The molecular weight excluding hydrogens is 286 g/mol. The summed E-state index contributed by atoms with van der Waals surface area (Å²) in [6.07, 6.45) is 15.3. The Hall–Kier alpha value is -1.01. The van der Waals surface area contributed by atoms with E-state index in [0.717, 1.165) is 30.1 Å². The molecule has 2 bridgehead atoms. The number of hydrogen-bond donors (Lipinski definition) is 2. The van der Waals surface area contributed by atoms with Gasteiger partial charge < -0.3 is 10.4 Å². The number of carbonyl (C=O) groups is 1. The van der Waals surface area contributed by atoms with Crippen LogP contribution in [-0.4, -0.2) is 24.2 Å². The maximum atomic E-state index is 11.2. The molecule has 3 aliphatic carbocycles. The van der Waals surface area contributed by atoms with E-state index in [-0.39, 0.29) is 5.91 Å². The average molecular weight is 317 g/mol. The topological polar surface area (TPSA) is 49.3 Å². The molecule has 0 aliphatic heterocycles. The third-order valence-corrected chi connectivity index (χ3v) is 7.35. The summed E-state index contributed by atoms with van der Waals surface area (Å²) in [5.41, 5.74) is 0.523. The van der Waals surface area contributed by atoms with Crippen molar-refractivity contribution in [2.75, 3.05) is 13.2 Å². The Kier molecular flexibility index (Phi) is 5.01. The fourth-order valence-electron chi connectivity index (χ4n) is 6.27. The first-order chi connectivity index (χ1) is 11.1. The lowest BCUT2D eigenvalue weighted by atomic mass is 9.53. The van der Waals surface area contributed by atoms with Crippen LogP contribution in [0.1, 0.15) is 58.3 Å². The zero-order valence-corrected chi connectivity index (χ0v) is 14.4. The molecule has 0 heterocycles. The molecule has 3 heteroatoms. The normalized spacial score (nSPS) is 41.9. The molecule has 0 aromatic carbocycles. The number of hydrogen-bond acceptors (Lipinski definition) is 2. The van der Waals surface area contributed by atoms with Crippen LogP contribution < -0.4 is 5.32 Å². The molecule has 3 aliphatic rings. The minimum Gasteiger partial charge on any atom is -0.396 e. The number of aliphatic hydroxyl groups is 1. The van der Waals surface area contributed by atoms with E-state index in [4.69, 9.17) is 6.42 Å². The van der Waals surface area contributed by atoms with Crippen LogP contribution in [0.2, 0.25) is 0 Å². The smallest absolute Gasteiger partial charge is 0.295 e. The molecule has 3 nitrogen and oxygen atoms in total. The molecule has 3 fully saturated rings. The third kappa shape index (κ3) is 3.15. The summed E-state index contributed by atoms with van der Waals surface area (Å²) in [4.78, 5) is 11.2. The van der Waals surface area contributed by atoms with Crippen molar-refractivity contribution >= 4 is 5.91 Å². The van der Waals surface area contributed by atoms with Gasteiger partial charge in [0.05, 0.1) is 0 Å².